The Balaban J connectivity index is 2.19. The molecule has 0 fully saturated rings. The van der Waals surface area contributed by atoms with Gasteiger partial charge in [-0.1, -0.05) is 24.3 Å². The van der Waals surface area contributed by atoms with Gasteiger partial charge in [-0.3, -0.25) is 0 Å². The van der Waals surface area contributed by atoms with Crippen molar-refractivity contribution in [3.05, 3.63) is 65.0 Å². The molecule has 2 aromatic rings. The van der Waals surface area contributed by atoms with Crippen molar-refractivity contribution in [1.29, 1.82) is 0 Å². The van der Waals surface area contributed by atoms with Crippen LogP contribution >= 0.6 is 0 Å². The van der Waals surface area contributed by atoms with E-state index in [-0.39, 0.29) is 12.1 Å². The quantitative estimate of drug-likeness (QED) is 0.818. The van der Waals surface area contributed by atoms with E-state index >= 15 is 0 Å². The second kappa shape index (κ2) is 6.39. The molecule has 0 aliphatic carbocycles. The Hall–Kier alpha value is -2.39. The highest BCUT2D eigenvalue weighted by Gasteiger charge is 2.23. The molecule has 122 valence electrons. The molecule has 0 aliphatic heterocycles. The molecule has 0 aliphatic rings. The summed E-state index contributed by atoms with van der Waals surface area (Å²) in [5.74, 6) is -6.59. The van der Waals surface area contributed by atoms with Gasteiger partial charge < -0.3 is 9.90 Å². The molecular weight excluding hydrogens is 335 g/mol. The number of rotatable bonds is 5. The zero-order valence-corrected chi connectivity index (χ0v) is 12.2. The van der Waals surface area contributed by atoms with Crippen molar-refractivity contribution in [2.75, 3.05) is 0 Å². The van der Waals surface area contributed by atoms with Gasteiger partial charge in [0.1, 0.15) is 4.90 Å². The lowest BCUT2D eigenvalue weighted by Gasteiger charge is -2.09. The molecule has 0 saturated heterocycles. The predicted molar refractivity (Wildman–Crippen MR) is 71.1 cm³/mol. The van der Waals surface area contributed by atoms with Crippen LogP contribution in [0.1, 0.15) is 15.9 Å². The maximum absolute atomic E-state index is 13.5. The van der Waals surface area contributed by atoms with Crippen LogP contribution in [-0.4, -0.2) is 14.4 Å². The average molecular weight is 344 g/mol. The number of sulfonamides is 1. The maximum atomic E-state index is 13.5. The maximum Gasteiger partial charge on any atom is 0.243 e. The highest BCUT2D eigenvalue weighted by atomic mass is 32.2. The number of carbonyl (C=O) groups is 1. The molecule has 0 spiro atoms. The van der Waals surface area contributed by atoms with E-state index in [0.29, 0.717) is 17.7 Å². The number of carbonyl (C=O) groups excluding carboxylic acids is 1. The first kappa shape index (κ1) is 17.0. The van der Waals surface area contributed by atoms with Gasteiger partial charge in [-0.25, -0.2) is 26.3 Å². The molecule has 2 aromatic carbocycles. The zero-order valence-electron chi connectivity index (χ0n) is 11.3. The number of aromatic carboxylic acids is 1. The molecule has 1 N–H and O–H groups in total. The number of nitrogens with one attached hydrogen (secondary N) is 1. The largest absolute Gasteiger partial charge is 0.545 e. The van der Waals surface area contributed by atoms with Gasteiger partial charge in [-0.15, -0.1) is 0 Å². The lowest BCUT2D eigenvalue weighted by molar-refractivity contribution is -0.255. The lowest BCUT2D eigenvalue weighted by atomic mass is 10.1. The van der Waals surface area contributed by atoms with Gasteiger partial charge >= 0.3 is 0 Å². The molecular formula is C14H9F3NO4S-. The van der Waals surface area contributed by atoms with Gasteiger partial charge in [0.15, 0.2) is 17.5 Å². The molecule has 0 atom stereocenters. The first-order valence-corrected chi connectivity index (χ1v) is 7.64. The third-order valence-electron chi connectivity index (χ3n) is 2.95. The van der Waals surface area contributed by atoms with Gasteiger partial charge in [0.2, 0.25) is 10.0 Å². The first-order valence-electron chi connectivity index (χ1n) is 6.16. The summed E-state index contributed by atoms with van der Waals surface area (Å²) in [6.45, 7) is -0.298. The van der Waals surface area contributed by atoms with E-state index in [2.05, 4.69) is 0 Å². The second-order valence-corrected chi connectivity index (χ2v) is 6.22. The van der Waals surface area contributed by atoms with E-state index in [1.54, 1.807) is 0 Å². The van der Waals surface area contributed by atoms with E-state index in [9.17, 15) is 31.5 Å². The van der Waals surface area contributed by atoms with E-state index in [4.69, 9.17) is 0 Å². The zero-order chi connectivity index (χ0) is 17.2. The van der Waals surface area contributed by atoms with Crippen LogP contribution in [0.4, 0.5) is 13.2 Å². The van der Waals surface area contributed by atoms with Crippen LogP contribution in [0.3, 0.4) is 0 Å². The van der Waals surface area contributed by atoms with E-state index < -0.39 is 38.3 Å². The Morgan fingerprint density at radius 1 is 1.00 bits per heavy atom. The minimum Gasteiger partial charge on any atom is -0.545 e. The summed E-state index contributed by atoms with van der Waals surface area (Å²) in [4.78, 5) is 9.56. The summed E-state index contributed by atoms with van der Waals surface area (Å²) in [7, 11) is -4.42. The van der Waals surface area contributed by atoms with Crippen LogP contribution in [0, 0.1) is 17.5 Å². The van der Waals surface area contributed by atoms with Crippen LogP contribution < -0.4 is 9.83 Å². The Morgan fingerprint density at radius 3 is 2.17 bits per heavy atom. The molecule has 23 heavy (non-hydrogen) atoms. The lowest BCUT2D eigenvalue weighted by Crippen LogP contribution is -2.25. The summed E-state index contributed by atoms with van der Waals surface area (Å²) < 4.78 is 65.3. The molecule has 0 saturated carbocycles. The topological polar surface area (TPSA) is 86.3 Å². The van der Waals surface area contributed by atoms with Gasteiger partial charge in [-0.2, -0.15) is 0 Å². The van der Waals surface area contributed by atoms with Crippen molar-refractivity contribution in [1.82, 2.24) is 4.72 Å². The summed E-state index contributed by atoms with van der Waals surface area (Å²) in [6.07, 6.45) is 0. The molecule has 5 nitrogen and oxygen atoms in total. The van der Waals surface area contributed by atoms with Gasteiger partial charge in [0.25, 0.3) is 0 Å². The molecule has 9 heteroatoms. The van der Waals surface area contributed by atoms with Crippen molar-refractivity contribution in [2.24, 2.45) is 0 Å². The van der Waals surface area contributed by atoms with Gasteiger partial charge in [-0.05, 0) is 23.3 Å². The summed E-state index contributed by atoms with van der Waals surface area (Å²) in [6, 6.07) is 6.18. The van der Waals surface area contributed by atoms with Crippen molar-refractivity contribution < 1.29 is 31.5 Å². The minimum absolute atomic E-state index is 0.0942. The normalized spacial score (nSPS) is 11.4. The number of carboxylic acids is 1. The number of hydrogen-bond acceptors (Lipinski definition) is 4. The fraction of sp³-hybridized carbons (Fsp3) is 0.0714. The number of halogens is 3. The first-order chi connectivity index (χ1) is 10.7. The number of carboxylic acid groups (broad SMARTS) is 1. The molecule has 0 heterocycles. The van der Waals surface area contributed by atoms with Gasteiger partial charge in [0.05, 0.1) is 5.97 Å². The van der Waals surface area contributed by atoms with Crippen molar-refractivity contribution in [3.63, 3.8) is 0 Å². The smallest absolute Gasteiger partial charge is 0.243 e. The van der Waals surface area contributed by atoms with Gasteiger partial charge in [0, 0.05) is 6.54 Å². The fourth-order valence-corrected chi connectivity index (χ4v) is 2.82. The molecule has 0 radical (unpaired) electrons. The van der Waals surface area contributed by atoms with Crippen molar-refractivity contribution in [3.8, 4) is 0 Å². The van der Waals surface area contributed by atoms with Crippen molar-refractivity contribution in [2.45, 2.75) is 11.4 Å². The Morgan fingerprint density at radius 2 is 1.61 bits per heavy atom. The standard InChI is InChI=1S/C14H10F3NO4S/c15-10-5-6-11(13(17)12(10)16)23(21,22)18-7-8-1-3-9(4-2-8)14(19)20/h1-6,18H,7H2,(H,19,20)/p-1. The Kier molecular flexibility index (Phi) is 4.71. The average Bonchev–Trinajstić information content (AvgIpc) is 2.51. The monoisotopic (exact) mass is 344 g/mol. The predicted octanol–water partition coefficient (Wildman–Crippen LogP) is 0.946. The summed E-state index contributed by atoms with van der Waals surface area (Å²) in [5.41, 5.74) is 0.282. The second-order valence-electron chi connectivity index (χ2n) is 4.48. The van der Waals surface area contributed by atoms with Crippen molar-refractivity contribution >= 4 is 16.0 Å². The van der Waals surface area contributed by atoms with E-state index in [1.165, 1.54) is 24.3 Å². The summed E-state index contributed by atoms with van der Waals surface area (Å²) in [5, 5.41) is 10.6. The van der Waals surface area contributed by atoms with E-state index in [0.717, 1.165) is 0 Å². The SMILES string of the molecule is O=C([O-])c1ccc(CNS(=O)(=O)c2ccc(F)c(F)c2F)cc1. The third kappa shape index (κ3) is 3.69. The van der Waals surface area contributed by atoms with E-state index in [1.807, 2.05) is 4.72 Å². The third-order valence-corrected chi connectivity index (χ3v) is 4.36. The van der Waals surface area contributed by atoms with Crippen LogP contribution in [0.25, 0.3) is 0 Å². The molecule has 0 bridgehead atoms. The Bertz CT molecular complexity index is 851. The fourth-order valence-electron chi connectivity index (χ4n) is 1.73. The number of benzene rings is 2. The molecule has 0 unspecified atom stereocenters. The molecule has 0 amide bonds. The highest BCUT2D eigenvalue weighted by molar-refractivity contribution is 7.89. The summed E-state index contributed by atoms with van der Waals surface area (Å²) >= 11 is 0. The molecule has 0 aromatic heterocycles. The van der Waals surface area contributed by atoms with Crippen LogP contribution in [0.15, 0.2) is 41.3 Å². The minimum atomic E-state index is -4.42. The van der Waals surface area contributed by atoms with Crippen LogP contribution in [-0.2, 0) is 16.6 Å². The highest BCUT2D eigenvalue weighted by Crippen LogP contribution is 2.19. The Labute approximate surface area is 129 Å². The number of hydrogen-bond donors (Lipinski definition) is 1. The van der Waals surface area contributed by atoms with Crippen LogP contribution in [0.5, 0.6) is 0 Å². The van der Waals surface area contributed by atoms with Crippen LogP contribution in [0.2, 0.25) is 0 Å². The molecule has 2 rings (SSSR count).